The Bertz CT molecular complexity index is 654. The van der Waals surface area contributed by atoms with Crippen molar-refractivity contribution in [3.8, 4) is 0 Å². The first-order chi connectivity index (χ1) is 12.4. The van der Waals surface area contributed by atoms with Gasteiger partial charge in [-0.05, 0) is 75.3 Å². The van der Waals surface area contributed by atoms with E-state index in [-0.39, 0.29) is 11.8 Å². The Morgan fingerprint density at radius 2 is 1.73 bits per heavy atom. The van der Waals surface area contributed by atoms with Gasteiger partial charge in [0, 0.05) is 0 Å². The first kappa shape index (κ1) is 18.6. The predicted molar refractivity (Wildman–Crippen MR) is 93.0 cm³/mol. The van der Waals surface area contributed by atoms with E-state index in [1.165, 1.54) is 0 Å². The van der Waals surface area contributed by atoms with Crippen LogP contribution in [-0.4, -0.2) is 61.7 Å². The number of amides is 1. The summed E-state index contributed by atoms with van der Waals surface area (Å²) in [6.45, 7) is 1.62. The summed E-state index contributed by atoms with van der Waals surface area (Å²) in [5.74, 6) is 0.282. The molecule has 9 heteroatoms. The Morgan fingerprint density at radius 3 is 2.38 bits per heavy atom. The lowest BCUT2D eigenvalue weighted by Crippen LogP contribution is -2.59. The minimum absolute atomic E-state index is 0.100. The molecule has 0 aromatic carbocycles. The molecular formula is C17H28FN3O4S. The molecule has 26 heavy (non-hydrogen) atoms. The lowest BCUT2D eigenvalue weighted by atomic mass is 9.61. The molecule has 148 valence electrons. The highest BCUT2D eigenvalue weighted by Gasteiger charge is 2.54. The monoisotopic (exact) mass is 389 g/mol. The van der Waals surface area contributed by atoms with E-state index in [9.17, 15) is 18.3 Å². The lowest BCUT2D eigenvalue weighted by Gasteiger charge is -2.49. The van der Waals surface area contributed by atoms with Crippen molar-refractivity contribution in [3.05, 3.63) is 0 Å². The van der Waals surface area contributed by atoms with E-state index < -0.39 is 41.0 Å². The molecule has 7 nitrogen and oxygen atoms in total. The zero-order chi connectivity index (χ0) is 18.5. The Kier molecular flexibility index (Phi) is 5.00. The van der Waals surface area contributed by atoms with Gasteiger partial charge >= 0.3 is 10.2 Å². The van der Waals surface area contributed by atoms with Crippen molar-refractivity contribution >= 4 is 16.1 Å². The number of halogens is 1. The highest BCUT2D eigenvalue weighted by atomic mass is 32.2. The number of fused-ring (bicyclic) bond motifs is 1. The van der Waals surface area contributed by atoms with E-state index >= 15 is 4.39 Å². The van der Waals surface area contributed by atoms with Crippen LogP contribution in [0.5, 0.6) is 0 Å². The minimum Gasteiger partial charge on any atom is -0.391 e. The second-order valence-corrected chi connectivity index (χ2v) is 10.0. The molecule has 4 fully saturated rings. The van der Waals surface area contributed by atoms with Crippen molar-refractivity contribution in [2.45, 2.75) is 56.8 Å². The summed E-state index contributed by atoms with van der Waals surface area (Å²) in [4.78, 5) is 11.5. The van der Waals surface area contributed by atoms with E-state index in [4.69, 9.17) is 0 Å². The molecular weight excluding hydrogens is 361 g/mol. The SMILES string of the molecule is O=C1CN(C2C(O)CC3CCC(C4CCNCC4)CC3C2F)S(=O)(=O)N1. The van der Waals surface area contributed by atoms with Gasteiger partial charge in [-0.15, -0.1) is 0 Å². The number of piperidine rings is 1. The van der Waals surface area contributed by atoms with Crippen molar-refractivity contribution in [2.24, 2.45) is 23.7 Å². The maximum absolute atomic E-state index is 15.5. The molecule has 0 spiro atoms. The standard InChI is InChI=1S/C17H28FN3O4S/c18-16-13-7-11(10-3-5-19-6-4-10)1-2-12(13)8-14(22)17(16)21-9-15(23)20-26(21,24)25/h10-14,16-17,19,22H,1-9H2,(H,20,23). The summed E-state index contributed by atoms with van der Waals surface area (Å²) < 4.78 is 42.5. The molecule has 4 aliphatic rings. The zero-order valence-corrected chi connectivity index (χ0v) is 15.6. The molecule has 2 aliphatic carbocycles. The molecule has 3 N–H and O–H groups in total. The van der Waals surface area contributed by atoms with Gasteiger partial charge in [-0.2, -0.15) is 12.7 Å². The summed E-state index contributed by atoms with van der Waals surface area (Å²) in [6, 6.07) is -1.16. The molecule has 2 heterocycles. The quantitative estimate of drug-likeness (QED) is 0.625. The molecule has 6 unspecified atom stereocenters. The minimum atomic E-state index is -4.05. The number of carbonyl (C=O) groups excluding carboxylic acids is 1. The number of aliphatic hydroxyl groups is 1. The van der Waals surface area contributed by atoms with Gasteiger partial charge in [0.25, 0.3) is 0 Å². The van der Waals surface area contributed by atoms with Crippen LogP contribution in [0.4, 0.5) is 4.39 Å². The number of nitrogens with zero attached hydrogens (tertiary/aromatic N) is 1. The third kappa shape index (κ3) is 3.27. The Hall–Kier alpha value is -0.770. The number of aliphatic hydroxyl groups excluding tert-OH is 1. The van der Waals surface area contributed by atoms with E-state index in [0.717, 1.165) is 49.5 Å². The summed E-state index contributed by atoms with van der Waals surface area (Å²) in [5, 5.41) is 13.8. The van der Waals surface area contributed by atoms with Crippen LogP contribution in [-0.2, 0) is 15.0 Å². The second-order valence-electron chi connectivity index (χ2n) is 8.40. The summed E-state index contributed by atoms with van der Waals surface area (Å²) in [7, 11) is -4.05. The molecule has 6 atom stereocenters. The average molecular weight is 389 g/mol. The van der Waals surface area contributed by atoms with Crippen molar-refractivity contribution in [1.82, 2.24) is 14.3 Å². The highest BCUT2D eigenvalue weighted by Crippen LogP contribution is 2.48. The number of carbonyl (C=O) groups is 1. The number of hydrogen-bond acceptors (Lipinski definition) is 5. The highest BCUT2D eigenvalue weighted by molar-refractivity contribution is 7.88. The van der Waals surface area contributed by atoms with E-state index in [1.54, 1.807) is 0 Å². The molecule has 1 amide bonds. The largest absolute Gasteiger partial charge is 0.391 e. The summed E-state index contributed by atoms with van der Waals surface area (Å²) >= 11 is 0. The molecule has 0 bridgehead atoms. The van der Waals surface area contributed by atoms with Gasteiger partial charge < -0.3 is 10.4 Å². The number of nitrogens with one attached hydrogen (secondary N) is 2. The van der Waals surface area contributed by atoms with Crippen LogP contribution in [0.3, 0.4) is 0 Å². The van der Waals surface area contributed by atoms with Crippen molar-refractivity contribution in [3.63, 3.8) is 0 Å². The van der Waals surface area contributed by atoms with Crippen LogP contribution in [0.15, 0.2) is 0 Å². The molecule has 0 radical (unpaired) electrons. The summed E-state index contributed by atoms with van der Waals surface area (Å²) in [5.41, 5.74) is 0. The van der Waals surface area contributed by atoms with Crippen LogP contribution in [0, 0.1) is 23.7 Å². The molecule has 4 rings (SSSR count). The van der Waals surface area contributed by atoms with Gasteiger partial charge in [0.05, 0.1) is 18.7 Å². The fourth-order valence-electron chi connectivity index (χ4n) is 5.72. The van der Waals surface area contributed by atoms with Crippen molar-refractivity contribution < 1.29 is 22.7 Å². The van der Waals surface area contributed by atoms with Crippen LogP contribution in [0.1, 0.15) is 38.5 Å². The third-order valence-corrected chi connectivity index (χ3v) is 8.47. The maximum atomic E-state index is 15.5. The molecule has 0 aromatic heterocycles. The normalized spacial score (nSPS) is 44.5. The van der Waals surface area contributed by atoms with Gasteiger partial charge in [-0.25, -0.2) is 9.11 Å². The lowest BCUT2D eigenvalue weighted by molar-refractivity contribution is -0.120. The smallest absolute Gasteiger partial charge is 0.304 e. The van der Waals surface area contributed by atoms with Gasteiger partial charge in [0.15, 0.2) is 0 Å². The van der Waals surface area contributed by atoms with Crippen molar-refractivity contribution in [1.29, 1.82) is 0 Å². The predicted octanol–water partition coefficient (Wildman–Crippen LogP) is 0.166. The van der Waals surface area contributed by atoms with Crippen LogP contribution in [0.2, 0.25) is 0 Å². The topological polar surface area (TPSA) is 98.7 Å². The van der Waals surface area contributed by atoms with Gasteiger partial charge in [-0.1, -0.05) is 0 Å². The van der Waals surface area contributed by atoms with Gasteiger partial charge in [0.1, 0.15) is 6.17 Å². The van der Waals surface area contributed by atoms with Crippen LogP contribution < -0.4 is 10.0 Å². The Morgan fingerprint density at radius 1 is 1.04 bits per heavy atom. The van der Waals surface area contributed by atoms with E-state index in [0.29, 0.717) is 18.3 Å². The Labute approximate surface area is 153 Å². The third-order valence-electron chi connectivity index (χ3n) is 7.00. The Balaban J connectivity index is 1.52. The molecule has 2 saturated carbocycles. The first-order valence-electron chi connectivity index (χ1n) is 9.72. The number of hydrogen-bond donors (Lipinski definition) is 3. The van der Waals surface area contributed by atoms with Gasteiger partial charge in [-0.3, -0.25) is 4.79 Å². The first-order valence-corrected chi connectivity index (χ1v) is 11.2. The van der Waals surface area contributed by atoms with Gasteiger partial charge in [0.2, 0.25) is 5.91 Å². The van der Waals surface area contributed by atoms with Crippen molar-refractivity contribution in [2.75, 3.05) is 19.6 Å². The number of alkyl halides is 1. The molecule has 0 aromatic rings. The fourth-order valence-corrected chi connectivity index (χ4v) is 7.06. The van der Waals surface area contributed by atoms with E-state index in [1.807, 2.05) is 4.72 Å². The fraction of sp³-hybridized carbons (Fsp3) is 0.941. The molecule has 2 aliphatic heterocycles. The van der Waals surface area contributed by atoms with Crippen LogP contribution in [0.25, 0.3) is 0 Å². The molecule has 2 saturated heterocycles. The average Bonchev–Trinajstić information content (AvgIpc) is 2.88. The zero-order valence-electron chi connectivity index (χ0n) is 14.8. The summed E-state index contributed by atoms with van der Waals surface area (Å²) in [6.07, 6.45) is 2.86. The van der Waals surface area contributed by atoms with E-state index in [2.05, 4.69) is 5.32 Å². The second kappa shape index (κ2) is 7.00. The van der Waals surface area contributed by atoms with Crippen LogP contribution >= 0.6 is 0 Å². The maximum Gasteiger partial charge on any atom is 0.304 e. The number of rotatable bonds is 2.